The lowest BCUT2D eigenvalue weighted by atomic mass is 9.93. The van der Waals surface area contributed by atoms with Crippen LogP contribution in [0.3, 0.4) is 0 Å². The molecular weight excluding hydrogens is 172 g/mol. The number of carbonyl (C=O) groups excluding carboxylic acids is 1. The van der Waals surface area contributed by atoms with Gasteiger partial charge in [0.15, 0.2) is 0 Å². The maximum absolute atomic E-state index is 10.3. The third kappa shape index (κ3) is 8.03. The van der Waals surface area contributed by atoms with Crippen molar-refractivity contribution in [2.24, 2.45) is 5.92 Å². The van der Waals surface area contributed by atoms with E-state index in [1.54, 1.807) is 0 Å². The van der Waals surface area contributed by atoms with Crippen LogP contribution in [-0.2, 0) is 4.79 Å². The van der Waals surface area contributed by atoms with Crippen molar-refractivity contribution in [3.8, 4) is 0 Å². The summed E-state index contributed by atoms with van der Waals surface area (Å²) in [5.74, 6) is 0.718. The van der Waals surface area contributed by atoms with Gasteiger partial charge in [0.25, 0.3) is 0 Å². The Morgan fingerprint density at radius 2 is 2.00 bits per heavy atom. The van der Waals surface area contributed by atoms with Crippen molar-refractivity contribution in [2.75, 3.05) is 0 Å². The van der Waals surface area contributed by atoms with E-state index in [0.29, 0.717) is 0 Å². The number of allylic oxidation sites excluding steroid dienone is 2. The van der Waals surface area contributed by atoms with Crippen LogP contribution < -0.4 is 0 Å². The molecule has 0 fully saturated rings. The normalized spacial score (nSPS) is 12.2. The molecule has 0 amide bonds. The maximum Gasteiger partial charge on any atom is 0.120 e. The highest BCUT2D eigenvalue weighted by atomic mass is 16.1. The van der Waals surface area contributed by atoms with E-state index in [4.69, 9.17) is 0 Å². The average Bonchev–Trinajstić information content (AvgIpc) is 2.16. The first-order valence-electron chi connectivity index (χ1n) is 5.77. The molecule has 0 aromatic rings. The molecule has 0 aromatic heterocycles. The monoisotopic (exact) mass is 196 g/mol. The molecular formula is C13H24O. The molecule has 1 unspecified atom stereocenters. The Labute approximate surface area is 88.6 Å². The highest BCUT2D eigenvalue weighted by molar-refractivity contribution is 5.49. The lowest BCUT2D eigenvalue weighted by Gasteiger charge is -2.13. The molecule has 82 valence electrons. The zero-order valence-corrected chi connectivity index (χ0v) is 9.88. The summed E-state index contributed by atoms with van der Waals surface area (Å²) < 4.78 is 0. The zero-order valence-electron chi connectivity index (χ0n) is 9.88. The van der Waals surface area contributed by atoms with E-state index in [1.165, 1.54) is 24.8 Å². The summed E-state index contributed by atoms with van der Waals surface area (Å²) in [6.07, 6.45) is 10.1. The Morgan fingerprint density at radius 3 is 2.50 bits per heavy atom. The Morgan fingerprint density at radius 1 is 1.29 bits per heavy atom. The Kier molecular flexibility index (Phi) is 8.61. The van der Waals surface area contributed by atoms with Gasteiger partial charge < -0.3 is 4.79 Å². The van der Waals surface area contributed by atoms with E-state index in [0.717, 1.165) is 31.5 Å². The minimum atomic E-state index is 0.718. The molecule has 0 bridgehead atoms. The van der Waals surface area contributed by atoms with Crippen LogP contribution >= 0.6 is 0 Å². The topological polar surface area (TPSA) is 17.1 Å². The first-order chi connectivity index (χ1) is 6.70. The summed E-state index contributed by atoms with van der Waals surface area (Å²) in [7, 11) is 0. The van der Waals surface area contributed by atoms with Crippen molar-refractivity contribution in [1.82, 2.24) is 0 Å². The van der Waals surface area contributed by atoms with E-state index >= 15 is 0 Å². The van der Waals surface area contributed by atoms with Crippen molar-refractivity contribution < 1.29 is 4.79 Å². The Bertz CT molecular complexity index is 166. The second-order valence-electron chi connectivity index (χ2n) is 4.27. The van der Waals surface area contributed by atoms with Crippen molar-refractivity contribution in [3.05, 3.63) is 11.6 Å². The van der Waals surface area contributed by atoms with Crippen LogP contribution in [0.1, 0.15) is 59.3 Å². The summed E-state index contributed by atoms with van der Waals surface area (Å²) in [4.78, 5) is 10.3. The van der Waals surface area contributed by atoms with Gasteiger partial charge in [-0.15, -0.1) is 0 Å². The highest BCUT2D eigenvalue weighted by Crippen LogP contribution is 2.19. The fourth-order valence-electron chi connectivity index (χ4n) is 1.58. The molecule has 0 saturated carbocycles. The molecule has 0 spiro atoms. The second-order valence-corrected chi connectivity index (χ2v) is 4.27. The molecule has 0 heterocycles. The van der Waals surface area contributed by atoms with E-state index in [9.17, 15) is 4.79 Å². The van der Waals surface area contributed by atoms with Crippen molar-refractivity contribution >= 4 is 6.29 Å². The van der Waals surface area contributed by atoms with Gasteiger partial charge in [0.2, 0.25) is 0 Å². The van der Waals surface area contributed by atoms with Crippen LogP contribution in [0.15, 0.2) is 11.6 Å². The first kappa shape index (κ1) is 13.4. The Hall–Kier alpha value is -0.590. The number of unbranched alkanes of at least 4 members (excludes halogenated alkanes) is 1. The molecule has 0 aliphatic carbocycles. The highest BCUT2D eigenvalue weighted by Gasteiger charge is 2.05. The van der Waals surface area contributed by atoms with Gasteiger partial charge in [-0.2, -0.15) is 0 Å². The van der Waals surface area contributed by atoms with Crippen molar-refractivity contribution in [1.29, 1.82) is 0 Å². The van der Waals surface area contributed by atoms with Crippen LogP contribution in [-0.4, -0.2) is 6.29 Å². The predicted octanol–water partition coefficient (Wildman–Crippen LogP) is 4.13. The fraction of sp³-hybridized carbons (Fsp3) is 0.769. The molecule has 1 nitrogen and oxygen atoms in total. The van der Waals surface area contributed by atoms with E-state index in [1.807, 2.05) is 0 Å². The third-order valence-electron chi connectivity index (χ3n) is 2.52. The standard InChI is InChI=1S/C13H24O/c1-4-5-7-13(8-6-11-14)10-9-12(2)3/h9,11,13H,4-8,10H2,1-3H3. The lowest BCUT2D eigenvalue weighted by molar-refractivity contribution is -0.108. The molecule has 14 heavy (non-hydrogen) atoms. The summed E-state index contributed by atoms with van der Waals surface area (Å²) in [5.41, 5.74) is 1.39. The Balaban J connectivity index is 3.83. The minimum absolute atomic E-state index is 0.718. The number of hydrogen-bond donors (Lipinski definition) is 0. The quantitative estimate of drug-likeness (QED) is 0.421. The SMILES string of the molecule is CCCCC(CC=C(C)C)CCC=O. The van der Waals surface area contributed by atoms with Crippen LogP contribution in [0.5, 0.6) is 0 Å². The summed E-state index contributed by atoms with van der Waals surface area (Å²) in [6.45, 7) is 6.49. The lowest BCUT2D eigenvalue weighted by Crippen LogP contribution is -2.00. The molecule has 1 atom stereocenters. The van der Waals surface area contributed by atoms with E-state index in [2.05, 4.69) is 26.8 Å². The van der Waals surface area contributed by atoms with Crippen LogP contribution in [0.2, 0.25) is 0 Å². The smallest absolute Gasteiger partial charge is 0.120 e. The van der Waals surface area contributed by atoms with Crippen LogP contribution in [0, 0.1) is 5.92 Å². The largest absolute Gasteiger partial charge is 0.303 e. The molecule has 0 radical (unpaired) electrons. The molecule has 0 rings (SSSR count). The van der Waals surface area contributed by atoms with Crippen molar-refractivity contribution in [2.45, 2.75) is 59.3 Å². The van der Waals surface area contributed by atoms with Gasteiger partial charge in [-0.25, -0.2) is 0 Å². The van der Waals surface area contributed by atoms with Gasteiger partial charge in [0.05, 0.1) is 0 Å². The summed E-state index contributed by atoms with van der Waals surface area (Å²) in [6, 6.07) is 0. The molecule has 0 saturated heterocycles. The molecule has 0 N–H and O–H groups in total. The molecule has 0 aliphatic heterocycles. The zero-order chi connectivity index (χ0) is 10.8. The number of rotatable bonds is 8. The molecule has 0 aliphatic rings. The predicted molar refractivity (Wildman–Crippen MR) is 62.4 cm³/mol. The third-order valence-corrected chi connectivity index (χ3v) is 2.52. The fourth-order valence-corrected chi connectivity index (χ4v) is 1.58. The van der Waals surface area contributed by atoms with Gasteiger partial charge in [-0.1, -0.05) is 37.8 Å². The van der Waals surface area contributed by atoms with Gasteiger partial charge in [-0.05, 0) is 32.6 Å². The summed E-state index contributed by atoms with van der Waals surface area (Å²) >= 11 is 0. The second kappa shape index (κ2) is 8.98. The van der Waals surface area contributed by atoms with Crippen molar-refractivity contribution in [3.63, 3.8) is 0 Å². The minimum Gasteiger partial charge on any atom is -0.303 e. The number of aldehydes is 1. The van der Waals surface area contributed by atoms with Crippen LogP contribution in [0.4, 0.5) is 0 Å². The summed E-state index contributed by atoms with van der Waals surface area (Å²) in [5, 5.41) is 0. The van der Waals surface area contributed by atoms with Gasteiger partial charge in [0, 0.05) is 6.42 Å². The molecule has 0 aromatic carbocycles. The van der Waals surface area contributed by atoms with Crippen LogP contribution in [0.25, 0.3) is 0 Å². The van der Waals surface area contributed by atoms with E-state index in [-0.39, 0.29) is 0 Å². The van der Waals surface area contributed by atoms with Gasteiger partial charge in [0.1, 0.15) is 6.29 Å². The van der Waals surface area contributed by atoms with Gasteiger partial charge >= 0.3 is 0 Å². The van der Waals surface area contributed by atoms with Gasteiger partial charge in [-0.3, -0.25) is 0 Å². The average molecular weight is 196 g/mol. The number of carbonyl (C=O) groups is 1. The first-order valence-corrected chi connectivity index (χ1v) is 5.77. The number of hydrogen-bond acceptors (Lipinski definition) is 1. The maximum atomic E-state index is 10.3. The molecule has 1 heteroatoms. The van der Waals surface area contributed by atoms with E-state index < -0.39 is 0 Å².